The second-order valence-electron chi connectivity index (χ2n) is 12.9. The molecule has 0 aliphatic carbocycles. The molecule has 1 fully saturated rings. The Morgan fingerprint density at radius 2 is 1.54 bits per heavy atom. The molecule has 1 N–H and O–H groups in total. The molecule has 6 unspecified atom stereocenters. The lowest BCUT2D eigenvalue weighted by Crippen LogP contribution is -2.56. The lowest BCUT2D eigenvalue weighted by atomic mass is 9.90. The van der Waals surface area contributed by atoms with Crippen molar-refractivity contribution in [2.24, 2.45) is 11.8 Å². The molecule has 12 nitrogen and oxygen atoms in total. The molecule has 282 valence electrons. The maximum atomic E-state index is 14.2. The number of ether oxygens (including phenoxy) is 3. The molecule has 1 saturated heterocycles. The third kappa shape index (κ3) is 9.08. The minimum atomic E-state index is -2.40. The summed E-state index contributed by atoms with van der Waals surface area (Å²) in [4.78, 5) is 68.0. The lowest BCUT2D eigenvalue weighted by Gasteiger charge is -2.39. The molecule has 1 aromatic carbocycles. The van der Waals surface area contributed by atoms with Crippen LogP contribution in [0.2, 0.25) is 0 Å². The Hall–Kier alpha value is -3.86. The number of nitrogens with zero attached hydrogens (tertiary/aromatic N) is 3. The van der Waals surface area contributed by atoms with E-state index in [-0.39, 0.29) is 25.4 Å². The van der Waals surface area contributed by atoms with Gasteiger partial charge in [-0.3, -0.25) is 24.0 Å². The van der Waals surface area contributed by atoms with E-state index in [1.807, 2.05) is 13.8 Å². The number of carbonyl (C=O) groups excluding carboxylic acids is 5. The van der Waals surface area contributed by atoms with Gasteiger partial charge in [0.2, 0.25) is 59.0 Å². The number of likely N-dealkylation sites (tertiary alicyclic amines) is 1. The quantitative estimate of drug-likeness (QED) is 0.0648. The van der Waals surface area contributed by atoms with Gasteiger partial charge in [0.05, 0.1) is 43.2 Å². The largest absolute Gasteiger partial charge is 0.420 e. The van der Waals surface area contributed by atoms with Crippen molar-refractivity contribution in [3.8, 4) is 5.75 Å². The molecule has 50 heavy (non-hydrogen) atoms. The molecule has 0 bridgehead atoms. The second kappa shape index (κ2) is 17.9. The van der Waals surface area contributed by atoms with Crippen molar-refractivity contribution >= 4 is 30.1 Å². The first-order valence-electron chi connectivity index (χ1n) is 16.1. The molecule has 1 heterocycles. The zero-order chi connectivity index (χ0) is 38.2. The van der Waals surface area contributed by atoms with Crippen molar-refractivity contribution in [1.82, 2.24) is 20.0 Å². The van der Waals surface area contributed by atoms with Crippen LogP contribution in [0.5, 0.6) is 5.75 Å². The van der Waals surface area contributed by atoms with Crippen molar-refractivity contribution < 1.29 is 60.1 Å². The molecular formula is C33H47F5N4O8. The van der Waals surface area contributed by atoms with Crippen molar-refractivity contribution in [2.75, 3.05) is 41.4 Å². The number of methoxy groups -OCH3 is 2. The molecule has 17 heteroatoms. The first-order chi connectivity index (χ1) is 23.3. The van der Waals surface area contributed by atoms with Gasteiger partial charge in [-0.15, -0.1) is 0 Å². The van der Waals surface area contributed by atoms with Gasteiger partial charge in [0, 0.05) is 34.9 Å². The zero-order valence-corrected chi connectivity index (χ0v) is 29.8. The number of halogens is 5. The van der Waals surface area contributed by atoms with Gasteiger partial charge in [0.1, 0.15) is 5.54 Å². The summed E-state index contributed by atoms with van der Waals surface area (Å²) in [5.41, 5.74) is -1.22. The third-order valence-electron chi connectivity index (χ3n) is 9.63. The minimum absolute atomic E-state index is 0.173. The van der Waals surface area contributed by atoms with Crippen LogP contribution < -0.4 is 10.1 Å². The maximum absolute atomic E-state index is 14.2. The predicted molar refractivity (Wildman–Crippen MR) is 169 cm³/mol. The fourth-order valence-corrected chi connectivity index (χ4v) is 5.97. The summed E-state index contributed by atoms with van der Waals surface area (Å²) in [6, 6.07) is -1.37. The van der Waals surface area contributed by atoms with E-state index < -0.39 is 94.3 Å². The number of amides is 4. The highest BCUT2D eigenvalue weighted by molar-refractivity contribution is 5.91. The van der Waals surface area contributed by atoms with Gasteiger partial charge >= 0.3 is 5.97 Å². The first kappa shape index (κ1) is 42.3. The molecule has 2 rings (SSSR count). The average Bonchev–Trinajstić information content (AvgIpc) is 3.59. The van der Waals surface area contributed by atoms with E-state index in [0.29, 0.717) is 25.7 Å². The Bertz CT molecular complexity index is 1390. The number of rotatable bonds is 17. The standard InChI is InChI=1S/C33H47F5N4O8/c1-10-17(2)28(41(7)22(45)15-39-32(47)33(4,5)40(6)16-43)20(48-8)14-21(44)42-13-11-12-19(42)29(49-9)18(3)31(46)50-30-26(37)24(35)23(34)25(36)27(30)38/h16-20,28-29H,10-15H2,1-9H3,(H,39,47). The number of esters is 1. The fourth-order valence-electron chi connectivity index (χ4n) is 5.97. The van der Waals surface area contributed by atoms with E-state index in [2.05, 4.69) is 10.1 Å². The van der Waals surface area contributed by atoms with Crippen LogP contribution in [-0.2, 0) is 33.4 Å². The number of carbonyl (C=O) groups is 5. The van der Waals surface area contributed by atoms with Crippen molar-refractivity contribution in [3.05, 3.63) is 29.1 Å². The van der Waals surface area contributed by atoms with Gasteiger partial charge in [-0.05, 0) is 39.5 Å². The highest BCUT2D eigenvalue weighted by atomic mass is 19.2. The summed E-state index contributed by atoms with van der Waals surface area (Å²) in [6.07, 6.45) is -0.181. The summed E-state index contributed by atoms with van der Waals surface area (Å²) < 4.78 is 85.2. The van der Waals surface area contributed by atoms with Crippen LogP contribution in [0.15, 0.2) is 0 Å². The Morgan fingerprint density at radius 3 is 2.04 bits per heavy atom. The van der Waals surface area contributed by atoms with E-state index in [9.17, 15) is 45.9 Å². The Labute approximate surface area is 288 Å². The molecular weight excluding hydrogens is 675 g/mol. The van der Waals surface area contributed by atoms with Crippen molar-refractivity contribution in [3.63, 3.8) is 0 Å². The zero-order valence-electron chi connectivity index (χ0n) is 29.8. The fraction of sp³-hybridized carbons (Fsp3) is 0.667. The van der Waals surface area contributed by atoms with Gasteiger partial charge in [-0.2, -0.15) is 8.78 Å². The number of benzene rings is 1. The predicted octanol–water partition coefficient (Wildman–Crippen LogP) is 3.19. The number of nitrogens with one attached hydrogen (secondary N) is 1. The van der Waals surface area contributed by atoms with E-state index in [1.165, 1.54) is 63.8 Å². The van der Waals surface area contributed by atoms with Gasteiger partial charge in [-0.25, -0.2) is 13.2 Å². The number of hydrogen-bond donors (Lipinski definition) is 1. The average molecular weight is 723 g/mol. The monoisotopic (exact) mass is 722 g/mol. The summed E-state index contributed by atoms with van der Waals surface area (Å²) >= 11 is 0. The molecule has 0 spiro atoms. The first-order valence-corrected chi connectivity index (χ1v) is 16.1. The van der Waals surface area contributed by atoms with E-state index in [0.717, 1.165) is 0 Å². The van der Waals surface area contributed by atoms with E-state index >= 15 is 0 Å². The third-order valence-corrected chi connectivity index (χ3v) is 9.63. The van der Waals surface area contributed by atoms with Crippen LogP contribution in [0.1, 0.15) is 60.3 Å². The SMILES string of the molecule is CCC(C)C(C(CC(=O)N1CCCC1C(OC)C(C)C(=O)Oc1c(F)c(F)c(F)c(F)c1F)OC)N(C)C(=O)CNC(=O)C(C)(C)N(C)C=O. The molecule has 0 aromatic heterocycles. The van der Waals surface area contributed by atoms with E-state index in [4.69, 9.17) is 9.47 Å². The Kier molecular flexibility index (Phi) is 15.1. The van der Waals surface area contributed by atoms with Crippen molar-refractivity contribution in [1.29, 1.82) is 0 Å². The van der Waals surface area contributed by atoms with Crippen molar-refractivity contribution in [2.45, 2.75) is 90.1 Å². The number of hydrogen-bond acceptors (Lipinski definition) is 8. The summed E-state index contributed by atoms with van der Waals surface area (Å²) in [5, 5.41) is 2.55. The molecule has 4 amide bonds. The van der Waals surface area contributed by atoms with Gasteiger partial charge in [-0.1, -0.05) is 20.3 Å². The summed E-state index contributed by atoms with van der Waals surface area (Å²) in [7, 11) is 5.60. The highest BCUT2D eigenvalue weighted by Gasteiger charge is 2.43. The van der Waals surface area contributed by atoms with Gasteiger partial charge in [0.15, 0.2) is 0 Å². The smallest absolute Gasteiger partial charge is 0.316 e. The lowest BCUT2D eigenvalue weighted by molar-refractivity contribution is -0.150. The Morgan fingerprint density at radius 1 is 0.980 bits per heavy atom. The van der Waals surface area contributed by atoms with Crippen LogP contribution in [-0.4, -0.2) is 116 Å². The Balaban J connectivity index is 2.24. The second-order valence-corrected chi connectivity index (χ2v) is 12.9. The molecule has 1 aliphatic heterocycles. The molecule has 1 aliphatic rings. The topological polar surface area (TPSA) is 135 Å². The van der Waals surface area contributed by atoms with Gasteiger partial charge < -0.3 is 34.2 Å². The van der Waals surface area contributed by atoms with Gasteiger partial charge in [0.25, 0.3) is 0 Å². The maximum Gasteiger partial charge on any atom is 0.316 e. The molecule has 0 saturated carbocycles. The van der Waals surface area contributed by atoms with Crippen LogP contribution in [0.4, 0.5) is 22.0 Å². The summed E-state index contributed by atoms with van der Waals surface area (Å²) in [6.45, 7) is 7.97. The minimum Gasteiger partial charge on any atom is -0.420 e. The molecule has 6 atom stereocenters. The molecule has 0 radical (unpaired) electrons. The van der Waals surface area contributed by atoms with Crippen LogP contribution >= 0.6 is 0 Å². The highest BCUT2D eigenvalue weighted by Crippen LogP contribution is 2.32. The van der Waals surface area contributed by atoms with Crippen LogP contribution in [0, 0.1) is 40.9 Å². The molecule has 1 aromatic rings. The van der Waals surface area contributed by atoms with Crippen LogP contribution in [0.25, 0.3) is 0 Å². The van der Waals surface area contributed by atoms with E-state index in [1.54, 1.807) is 0 Å². The normalized spacial score (nSPS) is 17.7. The van der Waals surface area contributed by atoms with Crippen LogP contribution in [0.3, 0.4) is 0 Å². The number of likely N-dealkylation sites (N-methyl/N-ethyl adjacent to an activating group) is 2. The summed E-state index contributed by atoms with van der Waals surface area (Å²) in [5.74, 6) is -17.6.